The van der Waals surface area contributed by atoms with Gasteiger partial charge >= 0.3 is 12.0 Å². The largest absolute Gasteiger partial charge is 0.493 e. The van der Waals surface area contributed by atoms with Crippen molar-refractivity contribution in [3.8, 4) is 11.5 Å². The first-order chi connectivity index (χ1) is 14.4. The Balaban J connectivity index is 2.01. The molecule has 2 aromatic rings. The number of benzene rings is 2. The third-order valence-electron chi connectivity index (χ3n) is 4.60. The van der Waals surface area contributed by atoms with Gasteiger partial charge in [0.1, 0.15) is 6.61 Å². The Bertz CT molecular complexity index is 972. The van der Waals surface area contributed by atoms with E-state index in [4.69, 9.17) is 14.2 Å². The van der Waals surface area contributed by atoms with Crippen LogP contribution >= 0.6 is 15.9 Å². The van der Waals surface area contributed by atoms with Gasteiger partial charge in [-0.25, -0.2) is 9.59 Å². The molecule has 0 aliphatic carbocycles. The molecule has 158 valence electrons. The van der Waals surface area contributed by atoms with Crippen LogP contribution < -0.4 is 20.1 Å². The van der Waals surface area contributed by atoms with Crippen LogP contribution in [0.3, 0.4) is 0 Å². The summed E-state index contributed by atoms with van der Waals surface area (Å²) in [6, 6.07) is 11.9. The summed E-state index contributed by atoms with van der Waals surface area (Å²) >= 11 is 3.42. The number of rotatable bonds is 7. The van der Waals surface area contributed by atoms with Gasteiger partial charge < -0.3 is 24.8 Å². The number of carbonyl (C=O) groups is 2. The predicted octanol–water partition coefficient (Wildman–Crippen LogP) is 4.23. The normalized spacial score (nSPS) is 15.9. The van der Waals surface area contributed by atoms with E-state index in [2.05, 4.69) is 26.6 Å². The molecule has 1 heterocycles. The van der Waals surface area contributed by atoms with Gasteiger partial charge in [-0.1, -0.05) is 40.2 Å². The van der Waals surface area contributed by atoms with Gasteiger partial charge in [0.2, 0.25) is 0 Å². The van der Waals surface area contributed by atoms with Crippen molar-refractivity contribution in [2.24, 2.45) is 0 Å². The van der Waals surface area contributed by atoms with Crippen molar-refractivity contribution in [2.45, 2.75) is 26.5 Å². The lowest BCUT2D eigenvalue weighted by atomic mass is 9.94. The number of hydrogen-bond donors (Lipinski definition) is 2. The highest BCUT2D eigenvalue weighted by atomic mass is 79.9. The minimum absolute atomic E-state index is 0.224. The van der Waals surface area contributed by atoms with Crippen molar-refractivity contribution < 1.29 is 23.8 Å². The van der Waals surface area contributed by atoms with E-state index in [1.807, 2.05) is 24.3 Å². The fourth-order valence-corrected chi connectivity index (χ4v) is 3.48. The Labute approximate surface area is 183 Å². The van der Waals surface area contributed by atoms with Crippen LogP contribution in [0.1, 0.15) is 31.0 Å². The summed E-state index contributed by atoms with van der Waals surface area (Å²) in [5, 5.41) is 5.43. The molecule has 1 aliphatic heterocycles. The molecule has 0 radical (unpaired) electrons. The highest BCUT2D eigenvalue weighted by Gasteiger charge is 2.34. The van der Waals surface area contributed by atoms with Crippen molar-refractivity contribution in [2.75, 3.05) is 13.7 Å². The number of para-hydroxylation sites is 1. The van der Waals surface area contributed by atoms with E-state index in [1.54, 1.807) is 39.2 Å². The summed E-state index contributed by atoms with van der Waals surface area (Å²) in [7, 11) is 1.54. The minimum Gasteiger partial charge on any atom is -0.493 e. The van der Waals surface area contributed by atoms with Crippen molar-refractivity contribution in [3.63, 3.8) is 0 Å². The maximum Gasteiger partial charge on any atom is 0.338 e. The average molecular weight is 475 g/mol. The second-order valence-electron chi connectivity index (χ2n) is 6.58. The molecule has 0 spiro atoms. The molecule has 0 fully saturated rings. The van der Waals surface area contributed by atoms with E-state index >= 15 is 0 Å². The van der Waals surface area contributed by atoms with Gasteiger partial charge in [0.25, 0.3) is 0 Å². The number of urea groups is 1. The number of hydrogen-bond acceptors (Lipinski definition) is 5. The lowest BCUT2D eigenvalue weighted by molar-refractivity contribution is -0.139. The summed E-state index contributed by atoms with van der Waals surface area (Å²) in [6.07, 6.45) is 0. The van der Waals surface area contributed by atoms with Crippen LogP contribution in [0.25, 0.3) is 0 Å². The maximum absolute atomic E-state index is 12.6. The highest BCUT2D eigenvalue weighted by Crippen LogP contribution is 2.39. The summed E-state index contributed by atoms with van der Waals surface area (Å²) in [4.78, 5) is 24.8. The summed E-state index contributed by atoms with van der Waals surface area (Å²) in [6.45, 7) is 3.91. The zero-order valence-electron chi connectivity index (χ0n) is 17.0. The molecule has 2 aromatic carbocycles. The first-order valence-corrected chi connectivity index (χ1v) is 10.2. The first-order valence-electron chi connectivity index (χ1n) is 9.44. The minimum atomic E-state index is -0.743. The monoisotopic (exact) mass is 474 g/mol. The van der Waals surface area contributed by atoms with Crippen molar-refractivity contribution >= 4 is 27.9 Å². The van der Waals surface area contributed by atoms with Crippen LogP contribution in [-0.2, 0) is 16.1 Å². The standard InChI is InChI=1S/C22H23BrN2O5/c1-4-29-21(26)18-13(2)24-22(27)25-19(18)16-6-5-7-17(28-3)20(16)30-12-14-8-10-15(23)11-9-14/h5-11,19H,4,12H2,1-3H3,(H2,24,25,27). The van der Waals surface area contributed by atoms with Gasteiger partial charge in [0.05, 0.1) is 25.3 Å². The molecule has 0 aromatic heterocycles. The Morgan fingerprint density at radius 1 is 1.17 bits per heavy atom. The molecule has 1 atom stereocenters. The van der Waals surface area contributed by atoms with Gasteiger partial charge in [-0.3, -0.25) is 0 Å². The molecule has 8 heteroatoms. The SMILES string of the molecule is CCOC(=O)C1=C(C)NC(=O)NC1c1cccc(OC)c1OCc1ccc(Br)cc1. The second kappa shape index (κ2) is 9.67. The summed E-state index contributed by atoms with van der Waals surface area (Å²) in [5.41, 5.74) is 2.31. The molecule has 3 rings (SSSR count). The third kappa shape index (κ3) is 4.76. The topological polar surface area (TPSA) is 85.9 Å². The molecule has 2 N–H and O–H groups in total. The van der Waals surface area contributed by atoms with Gasteiger partial charge in [0.15, 0.2) is 11.5 Å². The fraction of sp³-hybridized carbons (Fsp3) is 0.273. The number of ether oxygens (including phenoxy) is 3. The first kappa shape index (κ1) is 21.7. The van der Waals surface area contributed by atoms with E-state index in [1.165, 1.54) is 0 Å². The van der Waals surface area contributed by atoms with Crippen molar-refractivity contribution in [1.82, 2.24) is 10.6 Å². The summed E-state index contributed by atoms with van der Waals surface area (Å²) < 4.78 is 17.8. The quantitative estimate of drug-likeness (QED) is 0.586. The zero-order valence-corrected chi connectivity index (χ0v) is 18.5. The number of allylic oxidation sites excluding steroid dienone is 1. The van der Waals surface area contributed by atoms with Crippen LogP contribution in [0, 0.1) is 0 Å². The number of carbonyl (C=O) groups excluding carboxylic acids is 2. The smallest absolute Gasteiger partial charge is 0.338 e. The third-order valence-corrected chi connectivity index (χ3v) is 5.13. The lowest BCUT2D eigenvalue weighted by Gasteiger charge is -2.29. The molecule has 1 aliphatic rings. The number of halogens is 1. The van der Waals surface area contributed by atoms with Crippen molar-refractivity contribution in [3.05, 3.63) is 69.3 Å². The number of methoxy groups -OCH3 is 1. The molecule has 1 unspecified atom stereocenters. The Morgan fingerprint density at radius 3 is 2.57 bits per heavy atom. The number of amides is 2. The van der Waals surface area contributed by atoms with Gasteiger partial charge in [0, 0.05) is 15.7 Å². The van der Waals surface area contributed by atoms with E-state index in [0.717, 1.165) is 10.0 Å². The average Bonchev–Trinajstić information content (AvgIpc) is 2.72. The Morgan fingerprint density at radius 2 is 1.90 bits per heavy atom. The molecule has 2 amide bonds. The van der Waals surface area contributed by atoms with Crippen LogP contribution in [0.2, 0.25) is 0 Å². The van der Waals surface area contributed by atoms with E-state index < -0.39 is 18.0 Å². The van der Waals surface area contributed by atoms with Gasteiger partial charge in [-0.15, -0.1) is 0 Å². The predicted molar refractivity (Wildman–Crippen MR) is 115 cm³/mol. The van der Waals surface area contributed by atoms with E-state index in [9.17, 15) is 9.59 Å². The number of nitrogens with one attached hydrogen (secondary N) is 2. The maximum atomic E-state index is 12.6. The molecule has 0 saturated carbocycles. The highest BCUT2D eigenvalue weighted by molar-refractivity contribution is 9.10. The fourth-order valence-electron chi connectivity index (χ4n) is 3.22. The van der Waals surface area contributed by atoms with Crippen molar-refractivity contribution in [1.29, 1.82) is 0 Å². The van der Waals surface area contributed by atoms with Crippen LogP contribution in [0.15, 0.2) is 58.2 Å². The lowest BCUT2D eigenvalue weighted by Crippen LogP contribution is -2.45. The molecule has 7 nitrogen and oxygen atoms in total. The number of esters is 1. The van der Waals surface area contributed by atoms with E-state index in [-0.39, 0.29) is 13.2 Å². The molecule has 0 saturated heterocycles. The zero-order chi connectivity index (χ0) is 21.7. The second-order valence-corrected chi connectivity index (χ2v) is 7.50. The van der Waals surface area contributed by atoms with Crippen LogP contribution in [0.5, 0.6) is 11.5 Å². The Kier molecular flexibility index (Phi) is 6.99. The van der Waals surface area contributed by atoms with Gasteiger partial charge in [-0.05, 0) is 37.6 Å². The van der Waals surface area contributed by atoms with E-state index in [0.29, 0.717) is 28.3 Å². The summed E-state index contributed by atoms with van der Waals surface area (Å²) in [5.74, 6) is 0.442. The molecular formula is C22H23BrN2O5. The molecule has 0 bridgehead atoms. The molecule has 30 heavy (non-hydrogen) atoms. The Hall–Kier alpha value is -3.00. The van der Waals surface area contributed by atoms with Crippen LogP contribution in [0.4, 0.5) is 4.79 Å². The van der Waals surface area contributed by atoms with Gasteiger partial charge in [-0.2, -0.15) is 0 Å². The molecular weight excluding hydrogens is 452 g/mol. The van der Waals surface area contributed by atoms with Crippen LogP contribution in [-0.4, -0.2) is 25.7 Å².